The number of anilines is 2. The van der Waals surface area contributed by atoms with E-state index >= 15 is 0 Å². The minimum absolute atomic E-state index is 0.462. The number of rotatable bonds is 6. The van der Waals surface area contributed by atoms with E-state index in [2.05, 4.69) is 24.4 Å². The summed E-state index contributed by atoms with van der Waals surface area (Å²) in [5.74, 6) is 2.61. The van der Waals surface area contributed by atoms with Crippen LogP contribution in [0.15, 0.2) is 12.3 Å². The predicted octanol–water partition coefficient (Wildman–Crippen LogP) is 2.35. The topological polar surface area (TPSA) is 69.7 Å². The van der Waals surface area contributed by atoms with Gasteiger partial charge >= 0.3 is 0 Å². The maximum absolute atomic E-state index is 6.17. The Morgan fingerprint density at radius 1 is 1.17 bits per heavy atom. The second-order valence-electron chi connectivity index (χ2n) is 7.98. The van der Waals surface area contributed by atoms with Crippen molar-refractivity contribution in [3.05, 3.63) is 17.4 Å². The molecule has 0 radical (unpaired) electrons. The standard InChI is InChI=1S/C20H28ClN7OS/c21-18-12-16-17(13-23-18)24-20(27-6-5-26-4-1-2-15(26)14-27)25-19(16)22-3-11-30-28-7-9-29-10-8-28/h12-13,15H,1-11,14H2,(H,22,24,25). The van der Waals surface area contributed by atoms with Gasteiger partial charge in [0.1, 0.15) is 11.0 Å². The molecule has 162 valence electrons. The molecule has 0 bridgehead atoms. The van der Waals surface area contributed by atoms with Gasteiger partial charge in [0.15, 0.2) is 0 Å². The van der Waals surface area contributed by atoms with Crippen LogP contribution in [-0.2, 0) is 4.74 Å². The fourth-order valence-corrected chi connectivity index (χ4v) is 5.48. The fourth-order valence-electron chi connectivity index (χ4n) is 4.46. The summed E-state index contributed by atoms with van der Waals surface area (Å²) >= 11 is 8.03. The van der Waals surface area contributed by atoms with Crippen molar-refractivity contribution < 1.29 is 4.74 Å². The molecule has 2 aromatic rings. The number of piperazine rings is 1. The number of nitrogens with one attached hydrogen (secondary N) is 1. The summed E-state index contributed by atoms with van der Waals surface area (Å²) in [7, 11) is 0. The van der Waals surface area contributed by atoms with Crippen LogP contribution in [0.2, 0.25) is 5.15 Å². The van der Waals surface area contributed by atoms with Crippen LogP contribution >= 0.6 is 23.5 Å². The number of aromatic nitrogens is 3. The zero-order valence-electron chi connectivity index (χ0n) is 17.1. The van der Waals surface area contributed by atoms with Crippen LogP contribution < -0.4 is 10.2 Å². The molecule has 30 heavy (non-hydrogen) atoms. The van der Waals surface area contributed by atoms with E-state index in [1.807, 2.05) is 18.0 Å². The van der Waals surface area contributed by atoms with E-state index in [0.29, 0.717) is 11.2 Å². The van der Waals surface area contributed by atoms with Crippen molar-refractivity contribution in [1.29, 1.82) is 0 Å². The molecule has 0 aliphatic carbocycles. The first kappa shape index (κ1) is 20.5. The highest BCUT2D eigenvalue weighted by molar-refractivity contribution is 7.97. The van der Waals surface area contributed by atoms with Gasteiger partial charge in [0, 0.05) is 56.4 Å². The largest absolute Gasteiger partial charge is 0.379 e. The second kappa shape index (κ2) is 9.40. The van der Waals surface area contributed by atoms with Gasteiger partial charge in [0.25, 0.3) is 0 Å². The zero-order chi connectivity index (χ0) is 20.3. The van der Waals surface area contributed by atoms with Crippen molar-refractivity contribution in [2.45, 2.75) is 18.9 Å². The van der Waals surface area contributed by atoms with E-state index in [9.17, 15) is 0 Å². The van der Waals surface area contributed by atoms with Crippen LogP contribution in [0.1, 0.15) is 12.8 Å². The summed E-state index contributed by atoms with van der Waals surface area (Å²) in [6.07, 6.45) is 4.32. The first-order valence-electron chi connectivity index (χ1n) is 10.8. The number of halogens is 1. The zero-order valence-corrected chi connectivity index (χ0v) is 18.7. The van der Waals surface area contributed by atoms with Crippen molar-refractivity contribution in [2.24, 2.45) is 0 Å². The molecule has 0 saturated carbocycles. The Hall–Kier alpha value is -1.39. The van der Waals surface area contributed by atoms with Crippen LogP contribution in [0.4, 0.5) is 11.8 Å². The molecular formula is C20H28ClN7OS. The molecule has 5 rings (SSSR count). The van der Waals surface area contributed by atoms with E-state index < -0.39 is 0 Å². The summed E-state index contributed by atoms with van der Waals surface area (Å²) in [5, 5.41) is 4.91. The monoisotopic (exact) mass is 449 g/mol. The molecule has 3 fully saturated rings. The maximum Gasteiger partial charge on any atom is 0.228 e. The van der Waals surface area contributed by atoms with Gasteiger partial charge in [0.05, 0.1) is 24.9 Å². The summed E-state index contributed by atoms with van der Waals surface area (Å²) in [4.78, 5) is 18.9. The molecule has 10 heteroatoms. The molecule has 1 atom stereocenters. The Morgan fingerprint density at radius 3 is 2.97 bits per heavy atom. The molecule has 0 aromatic carbocycles. The Kier molecular flexibility index (Phi) is 6.42. The first-order chi connectivity index (χ1) is 14.8. The smallest absolute Gasteiger partial charge is 0.228 e. The average molecular weight is 450 g/mol. The highest BCUT2D eigenvalue weighted by Crippen LogP contribution is 2.28. The van der Waals surface area contributed by atoms with E-state index in [1.165, 1.54) is 19.4 Å². The van der Waals surface area contributed by atoms with Gasteiger partial charge in [-0.1, -0.05) is 23.5 Å². The van der Waals surface area contributed by atoms with Crippen molar-refractivity contribution in [2.75, 3.05) is 75.0 Å². The molecule has 0 amide bonds. The summed E-state index contributed by atoms with van der Waals surface area (Å²) in [5.41, 5.74) is 0.835. The fraction of sp³-hybridized carbons (Fsp3) is 0.650. The van der Waals surface area contributed by atoms with Gasteiger partial charge in [-0.3, -0.25) is 4.90 Å². The van der Waals surface area contributed by atoms with Crippen LogP contribution in [0.3, 0.4) is 0 Å². The van der Waals surface area contributed by atoms with Crippen LogP contribution in [0.5, 0.6) is 0 Å². The SMILES string of the molecule is Clc1cc2c(NCCSN3CCOCC3)nc(N3CCN4CCCC4C3)nc2cn1. The first-order valence-corrected chi connectivity index (χ1v) is 12.1. The van der Waals surface area contributed by atoms with E-state index in [1.54, 1.807) is 6.20 Å². The minimum atomic E-state index is 0.462. The lowest BCUT2D eigenvalue weighted by Crippen LogP contribution is -2.50. The third-order valence-electron chi connectivity index (χ3n) is 6.05. The summed E-state index contributed by atoms with van der Waals surface area (Å²) in [6, 6.07) is 2.48. The number of pyridine rings is 1. The molecule has 3 aliphatic rings. The van der Waals surface area contributed by atoms with Gasteiger partial charge in [-0.25, -0.2) is 14.3 Å². The predicted molar refractivity (Wildman–Crippen MR) is 122 cm³/mol. The van der Waals surface area contributed by atoms with Gasteiger partial charge in [-0.2, -0.15) is 4.98 Å². The summed E-state index contributed by atoms with van der Waals surface area (Å²) in [6.45, 7) is 8.72. The molecular weight excluding hydrogens is 422 g/mol. The Labute approximate surface area is 186 Å². The van der Waals surface area contributed by atoms with Gasteiger partial charge < -0.3 is 15.0 Å². The Morgan fingerprint density at radius 2 is 2.07 bits per heavy atom. The number of nitrogens with zero attached hydrogens (tertiary/aromatic N) is 6. The van der Waals surface area contributed by atoms with Gasteiger partial charge in [-0.05, 0) is 25.5 Å². The third kappa shape index (κ3) is 4.60. The molecule has 8 nitrogen and oxygen atoms in total. The van der Waals surface area contributed by atoms with E-state index in [-0.39, 0.29) is 0 Å². The van der Waals surface area contributed by atoms with Crippen LogP contribution in [-0.4, -0.2) is 95.0 Å². The Bertz CT molecular complexity index is 882. The average Bonchev–Trinajstić information content (AvgIpc) is 3.25. The lowest BCUT2D eigenvalue weighted by molar-refractivity contribution is 0.0773. The summed E-state index contributed by atoms with van der Waals surface area (Å²) < 4.78 is 7.79. The van der Waals surface area contributed by atoms with Crippen LogP contribution in [0, 0.1) is 0 Å². The maximum atomic E-state index is 6.17. The number of ether oxygens (including phenoxy) is 1. The number of morpholine rings is 1. The molecule has 0 spiro atoms. The minimum Gasteiger partial charge on any atom is -0.379 e. The Balaban J connectivity index is 1.31. The van der Waals surface area contributed by atoms with Crippen molar-refractivity contribution in [3.8, 4) is 0 Å². The molecule has 3 aliphatic heterocycles. The second-order valence-corrected chi connectivity index (χ2v) is 9.55. The lowest BCUT2D eigenvalue weighted by Gasteiger charge is -2.37. The molecule has 2 aromatic heterocycles. The third-order valence-corrected chi connectivity index (χ3v) is 7.37. The number of hydrogen-bond donors (Lipinski definition) is 1. The number of hydrogen-bond acceptors (Lipinski definition) is 9. The van der Waals surface area contributed by atoms with Crippen molar-refractivity contribution in [3.63, 3.8) is 0 Å². The normalized spacial score (nSPS) is 23.1. The van der Waals surface area contributed by atoms with Crippen LogP contribution in [0.25, 0.3) is 10.9 Å². The highest BCUT2D eigenvalue weighted by atomic mass is 35.5. The molecule has 1 unspecified atom stereocenters. The van der Waals surface area contributed by atoms with E-state index in [0.717, 1.165) is 80.9 Å². The molecule has 3 saturated heterocycles. The number of fused-ring (bicyclic) bond motifs is 2. The van der Waals surface area contributed by atoms with Crippen molar-refractivity contribution >= 4 is 46.2 Å². The van der Waals surface area contributed by atoms with Gasteiger partial charge in [-0.15, -0.1) is 0 Å². The highest BCUT2D eigenvalue weighted by Gasteiger charge is 2.31. The lowest BCUT2D eigenvalue weighted by atomic mass is 10.1. The van der Waals surface area contributed by atoms with Gasteiger partial charge in [0.2, 0.25) is 5.95 Å². The quantitative estimate of drug-likeness (QED) is 0.406. The molecule has 5 heterocycles. The van der Waals surface area contributed by atoms with E-state index in [4.69, 9.17) is 26.3 Å². The van der Waals surface area contributed by atoms with Crippen molar-refractivity contribution in [1.82, 2.24) is 24.2 Å². The molecule has 1 N–H and O–H groups in total.